The second-order valence-corrected chi connectivity index (χ2v) is 4.77. The number of aryl methyl sites for hydroxylation is 1. The Morgan fingerprint density at radius 1 is 1.00 bits per heavy atom. The molecule has 20 heavy (non-hydrogen) atoms. The SMILES string of the molecule is CNC(Cc1c(F)cccc1F)c1cc(C)ccc1F. The Labute approximate surface area is 116 Å². The lowest BCUT2D eigenvalue weighted by molar-refractivity contribution is 0.496. The normalized spacial score (nSPS) is 12.4. The first-order valence-electron chi connectivity index (χ1n) is 6.39. The van der Waals surface area contributed by atoms with Gasteiger partial charge in [0.05, 0.1) is 0 Å². The van der Waals surface area contributed by atoms with Crippen molar-refractivity contribution in [3.05, 3.63) is 70.5 Å². The smallest absolute Gasteiger partial charge is 0.129 e. The molecule has 0 saturated carbocycles. The molecule has 0 spiro atoms. The quantitative estimate of drug-likeness (QED) is 0.894. The van der Waals surface area contributed by atoms with E-state index in [1.807, 2.05) is 6.92 Å². The summed E-state index contributed by atoms with van der Waals surface area (Å²) < 4.78 is 41.2. The second-order valence-electron chi connectivity index (χ2n) is 4.77. The summed E-state index contributed by atoms with van der Waals surface area (Å²) >= 11 is 0. The molecule has 0 saturated heterocycles. The molecule has 0 heterocycles. The van der Waals surface area contributed by atoms with Crippen molar-refractivity contribution >= 4 is 0 Å². The van der Waals surface area contributed by atoms with Gasteiger partial charge in [-0.2, -0.15) is 0 Å². The predicted molar refractivity (Wildman–Crippen MR) is 73.0 cm³/mol. The van der Waals surface area contributed by atoms with Crippen molar-refractivity contribution in [1.29, 1.82) is 0 Å². The fourth-order valence-electron chi connectivity index (χ4n) is 2.23. The summed E-state index contributed by atoms with van der Waals surface area (Å²) in [6, 6.07) is 7.96. The van der Waals surface area contributed by atoms with Gasteiger partial charge in [-0.15, -0.1) is 0 Å². The van der Waals surface area contributed by atoms with Crippen LogP contribution in [0.15, 0.2) is 36.4 Å². The first-order valence-corrected chi connectivity index (χ1v) is 6.39. The summed E-state index contributed by atoms with van der Waals surface area (Å²) in [6.45, 7) is 1.85. The molecule has 0 bridgehead atoms. The molecule has 2 aromatic carbocycles. The van der Waals surface area contributed by atoms with Gasteiger partial charge >= 0.3 is 0 Å². The number of halogens is 3. The molecular formula is C16H16F3N. The minimum absolute atomic E-state index is 0.0345. The van der Waals surface area contributed by atoms with Crippen LogP contribution in [0, 0.1) is 24.4 Å². The van der Waals surface area contributed by atoms with E-state index in [9.17, 15) is 13.2 Å². The van der Waals surface area contributed by atoms with Crippen LogP contribution in [0.4, 0.5) is 13.2 Å². The van der Waals surface area contributed by atoms with Crippen molar-refractivity contribution in [3.8, 4) is 0 Å². The highest BCUT2D eigenvalue weighted by molar-refractivity contribution is 5.30. The van der Waals surface area contributed by atoms with E-state index in [4.69, 9.17) is 0 Å². The Bertz CT molecular complexity index is 590. The van der Waals surface area contributed by atoms with Gasteiger partial charge in [-0.3, -0.25) is 0 Å². The number of nitrogens with one attached hydrogen (secondary N) is 1. The van der Waals surface area contributed by atoms with Gasteiger partial charge in [0.2, 0.25) is 0 Å². The molecular weight excluding hydrogens is 263 g/mol. The van der Waals surface area contributed by atoms with Crippen molar-refractivity contribution < 1.29 is 13.2 Å². The molecule has 0 radical (unpaired) electrons. The summed E-state index contributed by atoms with van der Waals surface area (Å²) in [6.07, 6.45) is 0.0510. The van der Waals surface area contributed by atoms with Gasteiger partial charge in [-0.05, 0) is 38.6 Å². The largest absolute Gasteiger partial charge is 0.313 e. The van der Waals surface area contributed by atoms with Crippen LogP contribution in [-0.2, 0) is 6.42 Å². The van der Waals surface area contributed by atoms with Crippen molar-refractivity contribution in [3.63, 3.8) is 0 Å². The molecule has 1 nitrogen and oxygen atoms in total. The molecule has 2 aromatic rings. The fourth-order valence-corrected chi connectivity index (χ4v) is 2.23. The second kappa shape index (κ2) is 6.09. The number of rotatable bonds is 4. The number of hydrogen-bond acceptors (Lipinski definition) is 1. The van der Waals surface area contributed by atoms with E-state index in [0.29, 0.717) is 5.56 Å². The van der Waals surface area contributed by atoms with Crippen LogP contribution in [0.25, 0.3) is 0 Å². The van der Waals surface area contributed by atoms with Gasteiger partial charge in [0, 0.05) is 17.2 Å². The van der Waals surface area contributed by atoms with Crippen LogP contribution in [0.5, 0.6) is 0 Å². The highest BCUT2D eigenvalue weighted by atomic mass is 19.1. The van der Waals surface area contributed by atoms with Gasteiger partial charge in [-0.1, -0.05) is 23.8 Å². The summed E-state index contributed by atoms with van der Waals surface area (Å²) in [7, 11) is 1.64. The fraction of sp³-hybridized carbons (Fsp3) is 0.250. The van der Waals surface area contributed by atoms with Gasteiger partial charge in [0.25, 0.3) is 0 Å². The molecule has 4 heteroatoms. The van der Waals surface area contributed by atoms with Gasteiger partial charge in [0.1, 0.15) is 17.5 Å². The zero-order valence-electron chi connectivity index (χ0n) is 11.4. The van der Waals surface area contributed by atoms with E-state index in [1.54, 1.807) is 19.2 Å². The monoisotopic (exact) mass is 279 g/mol. The van der Waals surface area contributed by atoms with E-state index in [0.717, 1.165) is 5.56 Å². The maximum atomic E-state index is 13.9. The van der Waals surface area contributed by atoms with Gasteiger partial charge in [-0.25, -0.2) is 13.2 Å². The lowest BCUT2D eigenvalue weighted by Gasteiger charge is -2.18. The molecule has 1 unspecified atom stereocenters. The first-order chi connectivity index (χ1) is 9.52. The molecule has 0 aliphatic rings. The van der Waals surface area contributed by atoms with Crippen molar-refractivity contribution in [1.82, 2.24) is 5.32 Å². The third kappa shape index (κ3) is 3.02. The van der Waals surface area contributed by atoms with Gasteiger partial charge < -0.3 is 5.32 Å². The lowest BCUT2D eigenvalue weighted by Crippen LogP contribution is -2.21. The molecule has 2 rings (SSSR count). The van der Waals surface area contributed by atoms with Crippen LogP contribution in [0.1, 0.15) is 22.7 Å². The summed E-state index contributed by atoms with van der Waals surface area (Å²) in [5, 5.41) is 2.92. The molecule has 0 aromatic heterocycles. The number of benzene rings is 2. The number of hydrogen-bond donors (Lipinski definition) is 1. The van der Waals surface area contributed by atoms with Crippen LogP contribution in [0.2, 0.25) is 0 Å². The molecule has 0 fully saturated rings. The van der Waals surface area contributed by atoms with E-state index < -0.39 is 17.7 Å². The van der Waals surface area contributed by atoms with E-state index in [-0.39, 0.29) is 17.8 Å². The van der Waals surface area contributed by atoms with Crippen LogP contribution < -0.4 is 5.32 Å². The summed E-state index contributed by atoms with van der Waals surface area (Å²) in [5.41, 5.74) is 1.28. The minimum Gasteiger partial charge on any atom is -0.313 e. The Balaban J connectivity index is 2.36. The van der Waals surface area contributed by atoms with E-state index in [1.165, 1.54) is 24.3 Å². The van der Waals surface area contributed by atoms with Crippen LogP contribution in [-0.4, -0.2) is 7.05 Å². The van der Waals surface area contributed by atoms with E-state index in [2.05, 4.69) is 5.32 Å². The molecule has 1 atom stereocenters. The maximum Gasteiger partial charge on any atom is 0.129 e. The third-order valence-corrected chi connectivity index (χ3v) is 3.35. The van der Waals surface area contributed by atoms with Crippen molar-refractivity contribution in [2.75, 3.05) is 7.05 Å². The number of likely N-dealkylation sites (N-methyl/N-ethyl adjacent to an activating group) is 1. The Morgan fingerprint density at radius 3 is 2.25 bits per heavy atom. The minimum atomic E-state index is -0.613. The average molecular weight is 279 g/mol. The Kier molecular flexibility index (Phi) is 4.45. The zero-order chi connectivity index (χ0) is 14.7. The Hall–Kier alpha value is -1.81. The standard InChI is InChI=1S/C16H16F3N/c1-10-6-7-15(19)12(8-10)16(20-2)9-11-13(17)4-3-5-14(11)18/h3-8,16,20H,9H2,1-2H3. The van der Waals surface area contributed by atoms with E-state index >= 15 is 0 Å². The molecule has 0 amide bonds. The Morgan fingerprint density at radius 2 is 1.65 bits per heavy atom. The summed E-state index contributed by atoms with van der Waals surface area (Å²) in [4.78, 5) is 0. The molecule has 0 aliphatic carbocycles. The molecule has 106 valence electrons. The topological polar surface area (TPSA) is 12.0 Å². The average Bonchev–Trinajstić information content (AvgIpc) is 2.42. The van der Waals surface area contributed by atoms with Crippen molar-refractivity contribution in [2.24, 2.45) is 0 Å². The zero-order valence-corrected chi connectivity index (χ0v) is 11.4. The van der Waals surface area contributed by atoms with Crippen molar-refractivity contribution in [2.45, 2.75) is 19.4 Å². The summed E-state index contributed by atoms with van der Waals surface area (Å²) in [5.74, 6) is -1.61. The van der Waals surface area contributed by atoms with Crippen LogP contribution in [0.3, 0.4) is 0 Å². The highest BCUT2D eigenvalue weighted by Crippen LogP contribution is 2.24. The highest BCUT2D eigenvalue weighted by Gasteiger charge is 2.19. The van der Waals surface area contributed by atoms with Crippen LogP contribution >= 0.6 is 0 Å². The van der Waals surface area contributed by atoms with Gasteiger partial charge in [0.15, 0.2) is 0 Å². The molecule has 1 N–H and O–H groups in total. The third-order valence-electron chi connectivity index (χ3n) is 3.35. The predicted octanol–water partition coefficient (Wildman–Crippen LogP) is 3.92. The molecule has 0 aliphatic heterocycles. The lowest BCUT2D eigenvalue weighted by atomic mass is 9.96. The maximum absolute atomic E-state index is 13.9. The first kappa shape index (κ1) is 14.6.